The molecule has 2 heterocycles. The number of nitrogens with one attached hydrogen (secondary N) is 1. The van der Waals surface area contributed by atoms with Gasteiger partial charge in [-0.3, -0.25) is 9.69 Å². The summed E-state index contributed by atoms with van der Waals surface area (Å²) in [5.74, 6) is -0.191. The average molecular weight is 256 g/mol. The van der Waals surface area contributed by atoms with Crippen molar-refractivity contribution in [2.24, 2.45) is 5.92 Å². The smallest absolute Gasteiger partial charge is 0.311 e. The first-order valence-electron chi connectivity index (χ1n) is 7.01. The van der Waals surface area contributed by atoms with Crippen LogP contribution in [0.2, 0.25) is 0 Å². The van der Waals surface area contributed by atoms with Crippen LogP contribution >= 0.6 is 0 Å². The molecule has 0 spiro atoms. The van der Waals surface area contributed by atoms with E-state index in [1.165, 1.54) is 0 Å². The lowest BCUT2D eigenvalue weighted by Crippen LogP contribution is -2.54. The van der Waals surface area contributed by atoms with Gasteiger partial charge in [0.1, 0.15) is 0 Å². The highest BCUT2D eigenvalue weighted by Crippen LogP contribution is 2.27. The van der Waals surface area contributed by atoms with Crippen LogP contribution in [0.3, 0.4) is 0 Å². The van der Waals surface area contributed by atoms with E-state index in [0.29, 0.717) is 13.2 Å². The molecule has 18 heavy (non-hydrogen) atoms. The van der Waals surface area contributed by atoms with E-state index in [1.54, 1.807) is 0 Å². The maximum Gasteiger partial charge on any atom is 0.311 e. The number of carbonyl (C=O) groups excluding carboxylic acids is 1. The number of rotatable bonds is 4. The van der Waals surface area contributed by atoms with Gasteiger partial charge >= 0.3 is 5.97 Å². The van der Waals surface area contributed by atoms with Crippen LogP contribution in [-0.4, -0.2) is 60.9 Å². The molecule has 0 radical (unpaired) electrons. The predicted molar refractivity (Wildman–Crippen MR) is 68.2 cm³/mol. The zero-order chi connectivity index (χ0) is 13.0. The molecule has 2 aliphatic heterocycles. The Kier molecular flexibility index (Phi) is 4.97. The van der Waals surface area contributed by atoms with Crippen molar-refractivity contribution in [3.05, 3.63) is 0 Å². The number of hydrogen-bond donors (Lipinski definition) is 2. The van der Waals surface area contributed by atoms with Gasteiger partial charge in [-0.2, -0.15) is 0 Å². The number of hydrogen-bond acceptors (Lipinski definition) is 5. The molecule has 0 amide bonds. The quantitative estimate of drug-likeness (QED) is 0.693. The summed E-state index contributed by atoms with van der Waals surface area (Å²) in [7, 11) is 0. The third-order valence-electron chi connectivity index (χ3n) is 4.09. The molecule has 0 aliphatic carbocycles. The lowest BCUT2D eigenvalue weighted by atomic mass is 9.91. The van der Waals surface area contributed by atoms with Gasteiger partial charge in [0, 0.05) is 18.6 Å². The summed E-state index contributed by atoms with van der Waals surface area (Å²) in [6, 6.07) is 0.454. The Hall–Kier alpha value is -0.650. The fourth-order valence-electron chi connectivity index (χ4n) is 3.22. The first kappa shape index (κ1) is 13.8. The van der Waals surface area contributed by atoms with Gasteiger partial charge in [-0.15, -0.1) is 0 Å². The zero-order valence-corrected chi connectivity index (χ0v) is 11.1. The first-order chi connectivity index (χ1) is 8.77. The number of esters is 1. The third-order valence-corrected chi connectivity index (χ3v) is 4.09. The Morgan fingerprint density at radius 1 is 1.50 bits per heavy atom. The van der Waals surface area contributed by atoms with E-state index in [0.717, 1.165) is 32.4 Å². The molecule has 2 N–H and O–H groups in total. The summed E-state index contributed by atoms with van der Waals surface area (Å²) in [6.07, 6.45) is 3.11. The molecule has 0 aromatic carbocycles. The molecule has 2 saturated heterocycles. The van der Waals surface area contributed by atoms with Gasteiger partial charge in [-0.05, 0) is 39.3 Å². The number of nitrogens with zero attached hydrogens (tertiary/aromatic N) is 1. The van der Waals surface area contributed by atoms with Crippen LogP contribution < -0.4 is 5.32 Å². The van der Waals surface area contributed by atoms with Gasteiger partial charge in [0.15, 0.2) is 0 Å². The fraction of sp³-hybridized carbons (Fsp3) is 0.923. The summed E-state index contributed by atoms with van der Waals surface area (Å²) in [5, 5.41) is 12.7. The maximum absolute atomic E-state index is 12.0. The number of aliphatic hydroxyl groups is 1. The molecule has 2 unspecified atom stereocenters. The Morgan fingerprint density at radius 3 is 3.06 bits per heavy atom. The number of ether oxygens (including phenoxy) is 1. The van der Waals surface area contributed by atoms with Crippen LogP contribution in [0.5, 0.6) is 0 Å². The molecular formula is C13H24N2O3. The molecule has 2 fully saturated rings. The van der Waals surface area contributed by atoms with Gasteiger partial charge in [0.2, 0.25) is 0 Å². The average Bonchev–Trinajstić information content (AvgIpc) is 2.87. The van der Waals surface area contributed by atoms with Gasteiger partial charge in [-0.1, -0.05) is 0 Å². The number of aliphatic hydroxyl groups excluding tert-OH is 1. The van der Waals surface area contributed by atoms with E-state index in [9.17, 15) is 9.90 Å². The molecular weight excluding hydrogens is 232 g/mol. The molecule has 5 nitrogen and oxygen atoms in total. The minimum absolute atomic E-state index is 0.0918. The normalized spacial score (nSPS) is 33.6. The highest BCUT2D eigenvalue weighted by atomic mass is 16.5. The summed E-state index contributed by atoms with van der Waals surface area (Å²) >= 11 is 0. The van der Waals surface area contributed by atoms with E-state index in [1.807, 2.05) is 6.92 Å². The van der Waals surface area contributed by atoms with Crippen LogP contribution in [0, 0.1) is 5.92 Å². The molecule has 0 bridgehead atoms. The van der Waals surface area contributed by atoms with E-state index in [-0.39, 0.29) is 30.6 Å². The third kappa shape index (κ3) is 2.84. The Bertz CT molecular complexity index is 285. The Morgan fingerprint density at radius 2 is 2.33 bits per heavy atom. The summed E-state index contributed by atoms with van der Waals surface area (Å²) in [5.41, 5.74) is 0. The second-order valence-electron chi connectivity index (χ2n) is 5.14. The first-order valence-corrected chi connectivity index (χ1v) is 7.01. The number of carbonyl (C=O) groups is 1. The topological polar surface area (TPSA) is 61.8 Å². The lowest BCUT2D eigenvalue weighted by Gasteiger charge is -2.39. The second-order valence-corrected chi connectivity index (χ2v) is 5.14. The Balaban J connectivity index is 2.05. The number of piperidine rings is 1. The molecule has 2 rings (SSSR count). The van der Waals surface area contributed by atoms with Crippen molar-refractivity contribution in [1.29, 1.82) is 0 Å². The lowest BCUT2D eigenvalue weighted by molar-refractivity contribution is -0.151. The summed E-state index contributed by atoms with van der Waals surface area (Å²) in [4.78, 5) is 14.3. The minimum atomic E-state index is -0.0988. The molecule has 0 saturated carbocycles. The molecule has 104 valence electrons. The zero-order valence-electron chi connectivity index (χ0n) is 11.1. The highest BCUT2D eigenvalue weighted by molar-refractivity contribution is 5.73. The highest BCUT2D eigenvalue weighted by Gasteiger charge is 2.39. The summed E-state index contributed by atoms with van der Waals surface area (Å²) in [6.45, 7) is 5.10. The second kappa shape index (κ2) is 6.50. The van der Waals surface area contributed by atoms with Crippen molar-refractivity contribution >= 4 is 5.97 Å². The number of likely N-dealkylation sites (tertiary alicyclic amines) is 1. The molecule has 0 aromatic heterocycles. The predicted octanol–water partition coefficient (Wildman–Crippen LogP) is -0.0157. The van der Waals surface area contributed by atoms with Crippen LogP contribution in [0.1, 0.15) is 26.2 Å². The van der Waals surface area contributed by atoms with Crippen molar-refractivity contribution in [2.75, 3.05) is 32.8 Å². The van der Waals surface area contributed by atoms with Crippen LogP contribution in [0.4, 0.5) is 0 Å². The van der Waals surface area contributed by atoms with Crippen LogP contribution in [0.25, 0.3) is 0 Å². The Labute approximate surface area is 108 Å². The maximum atomic E-state index is 12.0. The van der Waals surface area contributed by atoms with Crippen molar-refractivity contribution in [1.82, 2.24) is 10.2 Å². The SMILES string of the molecule is CCOC(=O)C1CNCCC1N1CCC[C@H]1CO. The van der Waals surface area contributed by atoms with Gasteiger partial charge in [-0.25, -0.2) is 0 Å². The van der Waals surface area contributed by atoms with Crippen molar-refractivity contribution in [3.8, 4) is 0 Å². The van der Waals surface area contributed by atoms with E-state index < -0.39 is 0 Å². The summed E-state index contributed by atoms with van der Waals surface area (Å²) < 4.78 is 5.17. The largest absolute Gasteiger partial charge is 0.466 e. The van der Waals surface area contributed by atoms with Crippen molar-refractivity contribution < 1.29 is 14.6 Å². The standard InChI is InChI=1S/C13H24N2O3/c1-2-18-13(17)11-8-14-6-5-12(11)15-7-3-4-10(15)9-16/h10-12,14,16H,2-9H2,1H3/t10-,11?,12?/m0/s1. The van der Waals surface area contributed by atoms with Crippen molar-refractivity contribution in [2.45, 2.75) is 38.3 Å². The molecule has 2 aliphatic rings. The van der Waals surface area contributed by atoms with Crippen LogP contribution in [0.15, 0.2) is 0 Å². The molecule has 0 aromatic rings. The van der Waals surface area contributed by atoms with E-state index in [2.05, 4.69) is 10.2 Å². The van der Waals surface area contributed by atoms with Crippen molar-refractivity contribution in [3.63, 3.8) is 0 Å². The van der Waals surface area contributed by atoms with Gasteiger partial charge < -0.3 is 15.2 Å². The van der Waals surface area contributed by atoms with Gasteiger partial charge in [0.05, 0.1) is 19.1 Å². The van der Waals surface area contributed by atoms with E-state index in [4.69, 9.17) is 4.74 Å². The van der Waals surface area contributed by atoms with Gasteiger partial charge in [0.25, 0.3) is 0 Å². The minimum Gasteiger partial charge on any atom is -0.466 e. The molecule has 5 heteroatoms. The molecule has 3 atom stereocenters. The van der Waals surface area contributed by atoms with E-state index >= 15 is 0 Å². The monoisotopic (exact) mass is 256 g/mol. The fourth-order valence-corrected chi connectivity index (χ4v) is 3.22. The van der Waals surface area contributed by atoms with Crippen LogP contribution in [-0.2, 0) is 9.53 Å².